The van der Waals surface area contributed by atoms with Crippen molar-refractivity contribution >= 4 is 11.6 Å². The summed E-state index contributed by atoms with van der Waals surface area (Å²) in [6, 6.07) is 5.13. The van der Waals surface area contributed by atoms with E-state index in [1.165, 1.54) is 0 Å². The lowest BCUT2D eigenvalue weighted by molar-refractivity contribution is -0.0125. The topological polar surface area (TPSA) is 58.9 Å². The molecule has 4 nitrogen and oxygen atoms in total. The van der Waals surface area contributed by atoms with Gasteiger partial charge in [0.05, 0.1) is 24.3 Å². The van der Waals surface area contributed by atoms with Crippen LogP contribution in [0.4, 0.5) is 0 Å². The van der Waals surface area contributed by atoms with Gasteiger partial charge >= 0.3 is 0 Å². The maximum atomic E-state index is 9.66. The second-order valence-corrected chi connectivity index (χ2v) is 4.64. The third-order valence-electron chi connectivity index (χ3n) is 2.26. The normalized spacial score (nSPS) is 12.8. The Kier molecular flexibility index (Phi) is 6.43. The lowest BCUT2D eigenvalue weighted by Gasteiger charge is -2.16. The first-order valence-corrected chi connectivity index (χ1v) is 6.23. The van der Waals surface area contributed by atoms with Crippen molar-refractivity contribution in [1.82, 2.24) is 0 Å². The summed E-state index contributed by atoms with van der Waals surface area (Å²) in [6.07, 6.45) is -0.664. The minimum absolute atomic E-state index is 0.0629. The van der Waals surface area contributed by atoms with Crippen LogP contribution in [0.15, 0.2) is 18.2 Å². The molecule has 1 unspecified atom stereocenters. The molecule has 1 rings (SSSR count). The largest absolute Gasteiger partial charge is 0.489 e. The lowest BCUT2D eigenvalue weighted by Crippen LogP contribution is -2.25. The molecule has 1 aromatic rings. The number of aliphatic hydroxyl groups excluding tert-OH is 2. The molecule has 102 valence electrons. The monoisotopic (exact) mass is 274 g/mol. The SMILES string of the molecule is CC(C)OCC(O)COc1c(Cl)cccc1CO. The van der Waals surface area contributed by atoms with E-state index in [2.05, 4.69) is 0 Å². The van der Waals surface area contributed by atoms with E-state index in [1.54, 1.807) is 18.2 Å². The summed E-state index contributed by atoms with van der Waals surface area (Å²) in [5.74, 6) is 0.408. The minimum Gasteiger partial charge on any atom is -0.489 e. The standard InChI is InChI=1S/C13H19ClO4/c1-9(2)17-7-11(16)8-18-13-10(6-15)4-3-5-12(13)14/h3-5,9,11,15-16H,6-8H2,1-2H3. The fourth-order valence-electron chi connectivity index (χ4n) is 1.37. The van der Waals surface area contributed by atoms with Crippen LogP contribution in [0.5, 0.6) is 5.75 Å². The predicted octanol–water partition coefficient (Wildman–Crippen LogP) is 2.00. The Morgan fingerprint density at radius 2 is 2.00 bits per heavy atom. The van der Waals surface area contributed by atoms with Crippen molar-refractivity contribution in [3.63, 3.8) is 0 Å². The molecular formula is C13H19ClO4. The van der Waals surface area contributed by atoms with Gasteiger partial charge in [-0.15, -0.1) is 0 Å². The molecule has 0 saturated carbocycles. The van der Waals surface area contributed by atoms with E-state index in [1.807, 2.05) is 13.8 Å². The molecule has 0 amide bonds. The molecule has 2 N–H and O–H groups in total. The van der Waals surface area contributed by atoms with Crippen molar-refractivity contribution in [2.75, 3.05) is 13.2 Å². The van der Waals surface area contributed by atoms with E-state index in [-0.39, 0.29) is 25.9 Å². The highest BCUT2D eigenvalue weighted by atomic mass is 35.5. The number of para-hydroxylation sites is 1. The summed E-state index contributed by atoms with van der Waals surface area (Å²) in [5.41, 5.74) is 0.597. The second kappa shape index (κ2) is 7.59. The maximum absolute atomic E-state index is 9.66. The van der Waals surface area contributed by atoms with Crippen molar-refractivity contribution < 1.29 is 19.7 Å². The van der Waals surface area contributed by atoms with Gasteiger partial charge in [0.2, 0.25) is 0 Å². The Labute approximate surface area is 112 Å². The molecule has 0 fully saturated rings. The van der Waals surface area contributed by atoms with Gasteiger partial charge in [0.15, 0.2) is 0 Å². The molecule has 0 radical (unpaired) electrons. The Hall–Kier alpha value is -0.810. The summed E-state index contributed by atoms with van der Waals surface area (Å²) in [6.45, 7) is 3.91. The van der Waals surface area contributed by atoms with E-state index in [9.17, 15) is 5.11 Å². The Morgan fingerprint density at radius 3 is 2.61 bits per heavy atom. The molecule has 0 spiro atoms. The van der Waals surface area contributed by atoms with Gasteiger partial charge in [0.25, 0.3) is 0 Å². The fraction of sp³-hybridized carbons (Fsp3) is 0.538. The van der Waals surface area contributed by atoms with Crippen molar-refractivity contribution in [2.24, 2.45) is 0 Å². The molecular weight excluding hydrogens is 256 g/mol. The first kappa shape index (κ1) is 15.2. The summed E-state index contributed by atoms with van der Waals surface area (Å²) in [7, 11) is 0. The second-order valence-electron chi connectivity index (χ2n) is 4.23. The van der Waals surface area contributed by atoms with Gasteiger partial charge in [0.1, 0.15) is 18.5 Å². The number of hydrogen-bond donors (Lipinski definition) is 2. The van der Waals surface area contributed by atoms with Crippen LogP contribution in [0, 0.1) is 0 Å². The van der Waals surface area contributed by atoms with Crippen LogP contribution in [0.2, 0.25) is 5.02 Å². The fourth-order valence-corrected chi connectivity index (χ4v) is 1.62. The molecule has 18 heavy (non-hydrogen) atoms. The molecule has 1 aromatic carbocycles. The van der Waals surface area contributed by atoms with E-state index in [4.69, 9.17) is 26.2 Å². The Morgan fingerprint density at radius 1 is 1.28 bits per heavy atom. The molecule has 0 aliphatic heterocycles. The van der Waals surface area contributed by atoms with Crippen molar-refractivity contribution in [3.05, 3.63) is 28.8 Å². The maximum Gasteiger partial charge on any atom is 0.143 e. The van der Waals surface area contributed by atoms with Gasteiger partial charge in [-0.3, -0.25) is 0 Å². The number of benzene rings is 1. The number of rotatable bonds is 7. The van der Waals surface area contributed by atoms with Gasteiger partial charge in [-0.2, -0.15) is 0 Å². The summed E-state index contributed by atoms with van der Waals surface area (Å²) in [4.78, 5) is 0. The summed E-state index contributed by atoms with van der Waals surface area (Å²) < 4.78 is 10.7. The minimum atomic E-state index is -0.727. The van der Waals surface area contributed by atoms with E-state index in [0.29, 0.717) is 16.3 Å². The molecule has 0 saturated heterocycles. The molecule has 1 atom stereocenters. The van der Waals surface area contributed by atoms with Crippen LogP contribution in [0.3, 0.4) is 0 Å². The Balaban J connectivity index is 2.52. The predicted molar refractivity (Wildman–Crippen MR) is 70.0 cm³/mol. The molecule has 0 aliphatic carbocycles. The van der Waals surface area contributed by atoms with Crippen LogP contribution in [-0.2, 0) is 11.3 Å². The van der Waals surface area contributed by atoms with E-state index < -0.39 is 6.10 Å². The molecule has 0 aromatic heterocycles. The van der Waals surface area contributed by atoms with Crippen LogP contribution >= 0.6 is 11.6 Å². The van der Waals surface area contributed by atoms with Crippen molar-refractivity contribution in [1.29, 1.82) is 0 Å². The van der Waals surface area contributed by atoms with Crippen LogP contribution < -0.4 is 4.74 Å². The van der Waals surface area contributed by atoms with Gasteiger partial charge in [-0.25, -0.2) is 0 Å². The van der Waals surface area contributed by atoms with E-state index in [0.717, 1.165) is 0 Å². The zero-order valence-corrected chi connectivity index (χ0v) is 11.4. The number of hydrogen-bond acceptors (Lipinski definition) is 4. The van der Waals surface area contributed by atoms with Gasteiger partial charge in [-0.1, -0.05) is 23.7 Å². The highest BCUT2D eigenvalue weighted by Gasteiger charge is 2.11. The zero-order chi connectivity index (χ0) is 13.5. The number of ether oxygens (including phenoxy) is 2. The van der Waals surface area contributed by atoms with Crippen LogP contribution in [-0.4, -0.2) is 35.6 Å². The van der Waals surface area contributed by atoms with Crippen LogP contribution in [0.1, 0.15) is 19.4 Å². The first-order valence-electron chi connectivity index (χ1n) is 5.85. The van der Waals surface area contributed by atoms with Gasteiger partial charge in [-0.05, 0) is 19.9 Å². The Bertz CT molecular complexity index is 368. The average Bonchev–Trinajstić information content (AvgIpc) is 2.34. The molecule has 5 heteroatoms. The first-order chi connectivity index (χ1) is 8.54. The highest BCUT2D eigenvalue weighted by molar-refractivity contribution is 6.32. The van der Waals surface area contributed by atoms with Crippen molar-refractivity contribution in [2.45, 2.75) is 32.7 Å². The molecule has 0 bridgehead atoms. The van der Waals surface area contributed by atoms with Gasteiger partial charge < -0.3 is 19.7 Å². The number of halogens is 1. The third kappa shape index (κ3) is 4.82. The summed E-state index contributed by atoms with van der Waals surface area (Å²) in [5, 5.41) is 19.2. The van der Waals surface area contributed by atoms with Gasteiger partial charge in [0, 0.05) is 5.56 Å². The van der Waals surface area contributed by atoms with Crippen LogP contribution in [0.25, 0.3) is 0 Å². The zero-order valence-electron chi connectivity index (χ0n) is 10.6. The molecule has 0 aliphatic rings. The quantitative estimate of drug-likeness (QED) is 0.798. The smallest absolute Gasteiger partial charge is 0.143 e. The third-order valence-corrected chi connectivity index (χ3v) is 2.56. The molecule has 0 heterocycles. The lowest BCUT2D eigenvalue weighted by atomic mass is 10.2. The van der Waals surface area contributed by atoms with E-state index >= 15 is 0 Å². The van der Waals surface area contributed by atoms with Crippen molar-refractivity contribution in [3.8, 4) is 5.75 Å². The number of aliphatic hydroxyl groups is 2. The highest BCUT2D eigenvalue weighted by Crippen LogP contribution is 2.28. The summed E-state index contributed by atoms with van der Waals surface area (Å²) >= 11 is 5.97. The average molecular weight is 275 g/mol.